The number of hydrogen-bond acceptors (Lipinski definition) is 3. The Hall–Kier alpha value is -1.89. The van der Waals surface area contributed by atoms with E-state index in [-0.39, 0.29) is 16.9 Å². The number of nitrogens with zero attached hydrogens (tertiary/aromatic N) is 1. The molecule has 0 aliphatic carbocycles. The summed E-state index contributed by atoms with van der Waals surface area (Å²) in [6.07, 6.45) is 0.447. The van der Waals surface area contributed by atoms with E-state index in [9.17, 15) is 9.18 Å². The molecule has 0 atom stereocenters. The number of ether oxygens (including phenoxy) is 1. The normalized spacial score (nSPS) is 9.00. The van der Waals surface area contributed by atoms with Gasteiger partial charge in [0.1, 0.15) is 0 Å². The fourth-order valence-electron chi connectivity index (χ4n) is 0.982. The molecular weight excluding hydrogens is 173 g/mol. The van der Waals surface area contributed by atoms with Gasteiger partial charge < -0.3 is 4.74 Å². The van der Waals surface area contributed by atoms with E-state index in [2.05, 4.69) is 4.74 Å². The van der Waals surface area contributed by atoms with Crippen molar-refractivity contribution >= 4 is 6.29 Å². The summed E-state index contributed by atoms with van der Waals surface area (Å²) in [4.78, 5) is 10.5. The van der Waals surface area contributed by atoms with Crippen LogP contribution < -0.4 is 4.74 Å². The van der Waals surface area contributed by atoms with Crippen molar-refractivity contribution < 1.29 is 13.9 Å². The van der Waals surface area contributed by atoms with Crippen LogP contribution in [0, 0.1) is 17.1 Å². The summed E-state index contributed by atoms with van der Waals surface area (Å²) < 4.78 is 17.7. The van der Waals surface area contributed by atoms with Crippen LogP contribution in [0.5, 0.6) is 5.75 Å². The van der Waals surface area contributed by atoms with E-state index in [0.29, 0.717) is 6.29 Å². The van der Waals surface area contributed by atoms with Crippen LogP contribution in [-0.2, 0) is 0 Å². The molecule has 13 heavy (non-hydrogen) atoms. The molecule has 0 bridgehead atoms. The van der Waals surface area contributed by atoms with Crippen LogP contribution in [0.15, 0.2) is 12.1 Å². The summed E-state index contributed by atoms with van der Waals surface area (Å²) in [5, 5.41) is 8.47. The number of hydrogen-bond donors (Lipinski definition) is 0. The molecule has 1 rings (SSSR count). The Morgan fingerprint density at radius 2 is 2.31 bits per heavy atom. The molecule has 0 fully saturated rings. The van der Waals surface area contributed by atoms with Crippen LogP contribution in [0.2, 0.25) is 0 Å². The molecule has 0 N–H and O–H groups in total. The van der Waals surface area contributed by atoms with Crippen molar-refractivity contribution in [2.24, 2.45) is 0 Å². The van der Waals surface area contributed by atoms with Crippen molar-refractivity contribution in [3.8, 4) is 11.8 Å². The molecule has 1 aromatic rings. The van der Waals surface area contributed by atoms with Crippen molar-refractivity contribution in [3.63, 3.8) is 0 Å². The van der Waals surface area contributed by atoms with Gasteiger partial charge in [0.05, 0.1) is 24.3 Å². The molecule has 0 amide bonds. The van der Waals surface area contributed by atoms with Gasteiger partial charge in [-0.1, -0.05) is 0 Å². The van der Waals surface area contributed by atoms with Crippen LogP contribution in [0.25, 0.3) is 0 Å². The van der Waals surface area contributed by atoms with Gasteiger partial charge in [-0.2, -0.15) is 5.26 Å². The van der Waals surface area contributed by atoms with Crippen molar-refractivity contribution in [2.75, 3.05) is 7.11 Å². The van der Waals surface area contributed by atoms with Gasteiger partial charge in [0.15, 0.2) is 17.9 Å². The molecule has 0 radical (unpaired) electrons. The fourth-order valence-corrected chi connectivity index (χ4v) is 0.982. The van der Waals surface area contributed by atoms with Crippen molar-refractivity contribution in [1.29, 1.82) is 5.26 Å². The topological polar surface area (TPSA) is 50.1 Å². The smallest absolute Gasteiger partial charge is 0.167 e. The van der Waals surface area contributed by atoms with Gasteiger partial charge in [0.2, 0.25) is 0 Å². The van der Waals surface area contributed by atoms with E-state index < -0.39 is 5.82 Å². The zero-order chi connectivity index (χ0) is 9.84. The fraction of sp³-hybridized carbons (Fsp3) is 0.111. The third-order valence-corrected chi connectivity index (χ3v) is 1.53. The summed E-state index contributed by atoms with van der Waals surface area (Å²) in [6, 6.07) is 4.03. The third kappa shape index (κ3) is 1.64. The Labute approximate surface area is 74.4 Å². The maximum Gasteiger partial charge on any atom is 0.167 e. The molecule has 0 saturated heterocycles. The number of aldehydes is 1. The first-order valence-corrected chi connectivity index (χ1v) is 3.45. The molecule has 0 unspecified atom stereocenters. The number of carbonyl (C=O) groups excluding carboxylic acids is 1. The number of nitriles is 1. The van der Waals surface area contributed by atoms with Crippen LogP contribution in [0.3, 0.4) is 0 Å². The van der Waals surface area contributed by atoms with Gasteiger partial charge in [-0.25, -0.2) is 4.39 Å². The Bertz CT molecular complexity index is 382. The highest BCUT2D eigenvalue weighted by Gasteiger charge is 2.10. The summed E-state index contributed by atoms with van der Waals surface area (Å²) in [7, 11) is 1.26. The largest absolute Gasteiger partial charge is 0.493 e. The van der Waals surface area contributed by atoms with Crippen molar-refractivity contribution in [3.05, 3.63) is 29.1 Å². The Balaban J connectivity index is 3.39. The number of methoxy groups -OCH3 is 1. The summed E-state index contributed by atoms with van der Waals surface area (Å²) in [5.41, 5.74) is 0.138. The van der Waals surface area contributed by atoms with Crippen LogP contribution in [0.4, 0.5) is 4.39 Å². The van der Waals surface area contributed by atoms with Crippen LogP contribution in [0.1, 0.15) is 15.9 Å². The number of halogens is 1. The maximum atomic E-state index is 13.0. The van der Waals surface area contributed by atoms with Crippen LogP contribution in [-0.4, -0.2) is 13.4 Å². The molecule has 0 spiro atoms. The Kier molecular flexibility index (Phi) is 2.60. The third-order valence-electron chi connectivity index (χ3n) is 1.53. The standard InChI is InChI=1S/C9H6FNO2/c1-13-9-7(5-12)2-6(4-11)3-8(9)10/h2-3,5H,1H3. The van der Waals surface area contributed by atoms with E-state index in [1.54, 1.807) is 6.07 Å². The van der Waals surface area contributed by atoms with E-state index >= 15 is 0 Å². The quantitative estimate of drug-likeness (QED) is 0.646. The van der Waals surface area contributed by atoms with E-state index in [4.69, 9.17) is 5.26 Å². The van der Waals surface area contributed by atoms with Crippen LogP contribution >= 0.6 is 0 Å². The van der Waals surface area contributed by atoms with Gasteiger partial charge >= 0.3 is 0 Å². The highest BCUT2D eigenvalue weighted by molar-refractivity contribution is 5.80. The predicted octanol–water partition coefficient (Wildman–Crippen LogP) is 1.52. The van der Waals surface area contributed by atoms with Gasteiger partial charge in [-0.3, -0.25) is 4.79 Å². The second kappa shape index (κ2) is 3.68. The molecule has 0 aliphatic heterocycles. The number of benzene rings is 1. The van der Waals surface area contributed by atoms with Crippen molar-refractivity contribution in [1.82, 2.24) is 0 Å². The maximum absolute atomic E-state index is 13.0. The van der Waals surface area contributed by atoms with Gasteiger partial charge in [0, 0.05) is 0 Å². The molecule has 66 valence electrons. The lowest BCUT2D eigenvalue weighted by molar-refractivity contribution is 0.111. The second-order valence-corrected chi connectivity index (χ2v) is 2.31. The Morgan fingerprint density at radius 1 is 1.62 bits per heavy atom. The zero-order valence-electron chi connectivity index (χ0n) is 6.87. The molecule has 4 heteroatoms. The first-order chi connectivity index (χ1) is 6.22. The first kappa shape index (κ1) is 9.20. The van der Waals surface area contributed by atoms with E-state index in [0.717, 1.165) is 6.07 Å². The molecular formula is C9H6FNO2. The van der Waals surface area contributed by atoms with Gasteiger partial charge in [-0.15, -0.1) is 0 Å². The summed E-state index contributed by atoms with van der Waals surface area (Å²) in [5.74, 6) is -0.836. The van der Waals surface area contributed by atoms with Gasteiger partial charge in [0.25, 0.3) is 0 Å². The predicted molar refractivity (Wildman–Crippen MR) is 43.1 cm³/mol. The molecule has 1 aromatic carbocycles. The average molecular weight is 179 g/mol. The number of carbonyl (C=O) groups is 1. The minimum atomic E-state index is -0.705. The number of rotatable bonds is 2. The van der Waals surface area contributed by atoms with E-state index in [1.807, 2.05) is 0 Å². The molecule has 0 aromatic heterocycles. The van der Waals surface area contributed by atoms with E-state index in [1.165, 1.54) is 13.2 Å². The average Bonchev–Trinajstić information content (AvgIpc) is 2.16. The lowest BCUT2D eigenvalue weighted by Crippen LogP contribution is -1.95. The minimum absolute atomic E-state index is 0.0408. The molecule has 0 aliphatic rings. The highest BCUT2D eigenvalue weighted by Crippen LogP contribution is 2.22. The monoisotopic (exact) mass is 179 g/mol. The SMILES string of the molecule is COc1c(F)cc(C#N)cc1C=O. The molecule has 0 heterocycles. The zero-order valence-corrected chi connectivity index (χ0v) is 6.87. The summed E-state index contributed by atoms with van der Waals surface area (Å²) in [6.45, 7) is 0. The van der Waals surface area contributed by atoms with Gasteiger partial charge in [-0.05, 0) is 12.1 Å². The van der Waals surface area contributed by atoms with Crippen molar-refractivity contribution in [2.45, 2.75) is 0 Å². The first-order valence-electron chi connectivity index (χ1n) is 3.45. The summed E-state index contributed by atoms with van der Waals surface area (Å²) >= 11 is 0. The second-order valence-electron chi connectivity index (χ2n) is 2.31. The lowest BCUT2D eigenvalue weighted by atomic mass is 10.1. The highest BCUT2D eigenvalue weighted by atomic mass is 19.1. The molecule has 3 nitrogen and oxygen atoms in total. The molecule has 0 saturated carbocycles. The minimum Gasteiger partial charge on any atom is -0.493 e. The lowest BCUT2D eigenvalue weighted by Gasteiger charge is -2.04. The Morgan fingerprint density at radius 3 is 2.77 bits per heavy atom.